The van der Waals surface area contributed by atoms with Gasteiger partial charge in [0.25, 0.3) is 23.6 Å². The molecule has 2 saturated heterocycles. The van der Waals surface area contributed by atoms with E-state index in [-0.39, 0.29) is 78.2 Å². The Kier molecular flexibility index (Phi) is 10.2. The maximum absolute atomic E-state index is 12.8. The third-order valence-corrected chi connectivity index (χ3v) is 10.3. The Morgan fingerprint density at radius 3 is 1.56 bits per heavy atom. The fourth-order valence-corrected chi connectivity index (χ4v) is 7.38. The van der Waals surface area contributed by atoms with E-state index in [9.17, 15) is 38.4 Å². The van der Waals surface area contributed by atoms with E-state index >= 15 is 0 Å². The van der Waals surface area contributed by atoms with Crippen LogP contribution >= 0.6 is 0 Å². The van der Waals surface area contributed by atoms with Gasteiger partial charge < -0.3 is 28.6 Å². The van der Waals surface area contributed by atoms with Gasteiger partial charge in [-0.3, -0.25) is 28.8 Å². The number of ether oxygens (including phenoxy) is 4. The highest BCUT2D eigenvalue weighted by Crippen LogP contribution is 2.79. The summed E-state index contributed by atoms with van der Waals surface area (Å²) in [7, 11) is 0. The highest BCUT2D eigenvalue weighted by atomic mass is 16.7. The lowest BCUT2D eigenvalue weighted by molar-refractivity contribution is -0.205. The van der Waals surface area contributed by atoms with Gasteiger partial charge >= 0.3 is 23.9 Å². The second-order valence-electron chi connectivity index (χ2n) is 14.0. The lowest BCUT2D eigenvalue weighted by Crippen LogP contribution is -2.41. The van der Waals surface area contributed by atoms with Crippen LogP contribution in [0.1, 0.15) is 90.9 Å². The molecular formula is C32H42N2O14. The Labute approximate surface area is 276 Å². The average Bonchev–Trinajstić information content (AvgIpc) is 3.37. The van der Waals surface area contributed by atoms with Crippen molar-refractivity contribution in [3.63, 3.8) is 0 Å². The smallest absolute Gasteiger partial charge is 0.339 e. The van der Waals surface area contributed by atoms with Gasteiger partial charge in [-0.05, 0) is 56.3 Å². The number of rotatable bonds is 17. The number of nitrogens with zero attached hydrogens (tertiary/aromatic N) is 2. The van der Waals surface area contributed by atoms with Crippen LogP contribution in [0.5, 0.6) is 0 Å². The standard InChI is InChI=1S/C32H42N2O14/c1-29(7-8-30(2,19-29)27(41)47-33-21(35)3-4-22(33)36)17-25(39)45-15-13-43-11-12-44-14-16-46-26(40)18-31-9-10-32(31,20-31)28(42)48-34-23(37)5-6-24(34)38/h3-20H2,1-2H3. The van der Waals surface area contributed by atoms with E-state index < -0.39 is 69.2 Å². The molecule has 0 bridgehead atoms. The molecular weight excluding hydrogens is 636 g/mol. The van der Waals surface area contributed by atoms with Crippen LogP contribution < -0.4 is 0 Å². The summed E-state index contributed by atoms with van der Waals surface area (Å²) in [6.07, 6.45) is 3.19. The molecule has 4 atom stereocenters. The normalized spacial score (nSPS) is 30.6. The molecule has 0 N–H and O–H groups in total. The molecule has 0 spiro atoms. The fourth-order valence-electron chi connectivity index (χ4n) is 7.38. The van der Waals surface area contributed by atoms with E-state index in [1.807, 2.05) is 6.92 Å². The molecule has 48 heavy (non-hydrogen) atoms. The summed E-state index contributed by atoms with van der Waals surface area (Å²) in [4.78, 5) is 108. The second-order valence-corrected chi connectivity index (χ2v) is 14.0. The van der Waals surface area contributed by atoms with Gasteiger partial charge in [0, 0.05) is 25.7 Å². The van der Waals surface area contributed by atoms with E-state index in [0.29, 0.717) is 48.7 Å². The summed E-state index contributed by atoms with van der Waals surface area (Å²) in [5.41, 5.74) is -2.84. The van der Waals surface area contributed by atoms with Crippen molar-refractivity contribution in [1.29, 1.82) is 0 Å². The summed E-state index contributed by atoms with van der Waals surface area (Å²) >= 11 is 0. The van der Waals surface area contributed by atoms with E-state index in [0.717, 1.165) is 0 Å². The monoisotopic (exact) mass is 678 g/mol. The predicted octanol–water partition coefficient (Wildman–Crippen LogP) is 1.47. The molecule has 0 aromatic carbocycles. The van der Waals surface area contributed by atoms with E-state index in [1.165, 1.54) is 0 Å². The number of fused-ring (bicyclic) bond motifs is 1. The van der Waals surface area contributed by atoms with Crippen LogP contribution in [0, 0.1) is 21.7 Å². The third-order valence-electron chi connectivity index (χ3n) is 10.3. The molecule has 0 aromatic heterocycles. The van der Waals surface area contributed by atoms with Crippen LogP contribution in [0.15, 0.2) is 0 Å². The minimum absolute atomic E-state index is 0.0155. The molecule has 2 aliphatic heterocycles. The zero-order chi connectivity index (χ0) is 34.7. The molecule has 4 amide bonds. The molecule has 5 fully saturated rings. The molecule has 2 heterocycles. The number of imide groups is 2. The Morgan fingerprint density at radius 1 is 0.583 bits per heavy atom. The van der Waals surface area contributed by atoms with Gasteiger partial charge in [0.05, 0.1) is 50.1 Å². The Balaban J connectivity index is 0.874. The van der Waals surface area contributed by atoms with Crippen LogP contribution in [-0.2, 0) is 67.0 Å². The van der Waals surface area contributed by atoms with E-state index in [4.69, 9.17) is 28.6 Å². The van der Waals surface area contributed by atoms with E-state index in [1.54, 1.807) is 6.92 Å². The van der Waals surface area contributed by atoms with Crippen molar-refractivity contribution < 1.29 is 67.0 Å². The highest BCUT2D eigenvalue weighted by Gasteiger charge is 2.79. The number of carbonyl (C=O) groups excluding carboxylic acids is 8. The molecule has 5 rings (SSSR count). The van der Waals surface area contributed by atoms with Gasteiger partial charge in [-0.25, -0.2) is 9.59 Å². The Morgan fingerprint density at radius 2 is 1.06 bits per heavy atom. The van der Waals surface area contributed by atoms with Crippen LogP contribution in [0.2, 0.25) is 0 Å². The minimum atomic E-state index is -0.936. The molecule has 4 unspecified atom stereocenters. The maximum atomic E-state index is 12.8. The number of hydrogen-bond acceptors (Lipinski definition) is 14. The first-order valence-corrected chi connectivity index (χ1v) is 16.3. The molecule has 3 aliphatic carbocycles. The molecule has 0 aromatic rings. The lowest BCUT2D eigenvalue weighted by atomic mass is 9.72. The van der Waals surface area contributed by atoms with Crippen molar-refractivity contribution >= 4 is 47.5 Å². The van der Waals surface area contributed by atoms with Gasteiger partial charge in [-0.2, -0.15) is 0 Å². The fraction of sp³-hybridized carbons (Fsp3) is 0.750. The van der Waals surface area contributed by atoms with Gasteiger partial charge in [0.2, 0.25) is 0 Å². The zero-order valence-electron chi connectivity index (χ0n) is 27.3. The largest absolute Gasteiger partial charge is 0.463 e. The molecule has 5 aliphatic rings. The lowest BCUT2D eigenvalue weighted by Gasteiger charge is -2.33. The number of hydroxylamine groups is 4. The number of amides is 4. The van der Waals surface area contributed by atoms with Crippen LogP contribution in [-0.4, -0.2) is 97.3 Å². The van der Waals surface area contributed by atoms with Gasteiger partial charge in [-0.1, -0.05) is 6.92 Å². The van der Waals surface area contributed by atoms with Gasteiger partial charge in [-0.15, -0.1) is 10.1 Å². The van der Waals surface area contributed by atoms with Crippen molar-refractivity contribution in [3.05, 3.63) is 0 Å². The molecule has 16 nitrogen and oxygen atoms in total. The first-order valence-electron chi connectivity index (χ1n) is 16.3. The van der Waals surface area contributed by atoms with Crippen molar-refractivity contribution in [1.82, 2.24) is 10.1 Å². The Bertz CT molecular complexity index is 1350. The zero-order valence-corrected chi connectivity index (χ0v) is 27.3. The third kappa shape index (κ3) is 7.38. The van der Waals surface area contributed by atoms with E-state index in [2.05, 4.69) is 0 Å². The summed E-state index contributed by atoms with van der Waals surface area (Å²) in [6, 6.07) is 0. The quantitative estimate of drug-likeness (QED) is 0.122. The first kappa shape index (κ1) is 35.4. The number of esters is 2. The maximum Gasteiger partial charge on any atom is 0.339 e. The molecule has 264 valence electrons. The minimum Gasteiger partial charge on any atom is -0.463 e. The highest BCUT2D eigenvalue weighted by molar-refractivity contribution is 6.02. The SMILES string of the molecule is CC1(CC(=O)OCCOCCOCCOC(=O)CC23CCC2(C(=O)ON2C(=O)CCC2=O)C3)CCC(C)(C(=O)ON2C(=O)CCC2=O)C1. The summed E-state index contributed by atoms with van der Waals surface area (Å²) in [6.45, 7) is 4.37. The summed E-state index contributed by atoms with van der Waals surface area (Å²) in [5.74, 6) is -4.36. The first-order chi connectivity index (χ1) is 22.7. The predicted molar refractivity (Wildman–Crippen MR) is 156 cm³/mol. The van der Waals surface area contributed by atoms with Crippen molar-refractivity contribution in [2.24, 2.45) is 21.7 Å². The topological polar surface area (TPSA) is 198 Å². The molecule has 16 heteroatoms. The van der Waals surface area contributed by atoms with Gasteiger partial charge in [0.1, 0.15) is 13.2 Å². The number of carbonyl (C=O) groups is 8. The average molecular weight is 679 g/mol. The molecule has 0 radical (unpaired) electrons. The summed E-state index contributed by atoms with van der Waals surface area (Å²) in [5, 5.41) is 1.08. The van der Waals surface area contributed by atoms with Crippen molar-refractivity contribution in [2.75, 3.05) is 39.6 Å². The van der Waals surface area contributed by atoms with Crippen LogP contribution in [0.3, 0.4) is 0 Å². The number of hydrogen-bond donors (Lipinski definition) is 0. The van der Waals surface area contributed by atoms with Crippen LogP contribution in [0.4, 0.5) is 0 Å². The molecule has 3 saturated carbocycles. The van der Waals surface area contributed by atoms with Crippen molar-refractivity contribution in [3.8, 4) is 0 Å². The Hall–Kier alpha value is -3.92. The summed E-state index contributed by atoms with van der Waals surface area (Å²) < 4.78 is 21.4. The van der Waals surface area contributed by atoms with Gasteiger partial charge in [0.15, 0.2) is 0 Å². The van der Waals surface area contributed by atoms with Crippen molar-refractivity contribution in [2.45, 2.75) is 90.9 Å². The second kappa shape index (κ2) is 13.9. The van der Waals surface area contributed by atoms with Crippen LogP contribution in [0.25, 0.3) is 0 Å².